The summed E-state index contributed by atoms with van der Waals surface area (Å²) in [6, 6.07) is 11.5. The van der Waals surface area contributed by atoms with Crippen LogP contribution in [0.4, 0.5) is 5.69 Å². The Balaban J connectivity index is 1.63. The minimum atomic E-state index is 0.738. The first-order valence-electron chi connectivity index (χ1n) is 7.93. The Morgan fingerprint density at radius 1 is 1.05 bits per heavy atom. The van der Waals surface area contributed by atoms with Crippen LogP contribution >= 0.6 is 0 Å². The average Bonchev–Trinajstić information content (AvgIpc) is 2.49. The normalized spacial score (nSPS) is 16.8. The fourth-order valence-electron chi connectivity index (χ4n) is 2.84. The van der Waals surface area contributed by atoms with E-state index in [0.717, 1.165) is 6.04 Å². The van der Waals surface area contributed by atoms with Crippen LogP contribution in [0.3, 0.4) is 0 Å². The first kappa shape index (κ1) is 14.4. The molecule has 1 saturated heterocycles. The summed E-state index contributed by atoms with van der Waals surface area (Å²) >= 11 is 0. The van der Waals surface area contributed by atoms with Crippen LogP contribution in [0.1, 0.15) is 45.4 Å². The smallest absolute Gasteiger partial charge is 0.0366 e. The lowest BCUT2D eigenvalue weighted by atomic mass is 10.0. The van der Waals surface area contributed by atoms with Crippen LogP contribution < -0.4 is 10.2 Å². The summed E-state index contributed by atoms with van der Waals surface area (Å²) in [7, 11) is 0. The van der Waals surface area contributed by atoms with Gasteiger partial charge in [-0.2, -0.15) is 0 Å². The number of piperidine rings is 1. The molecular weight excluding hydrogens is 232 g/mol. The van der Waals surface area contributed by atoms with Crippen LogP contribution in [0.5, 0.6) is 0 Å². The van der Waals surface area contributed by atoms with Crippen molar-refractivity contribution in [3.8, 4) is 0 Å². The minimum absolute atomic E-state index is 0.738. The molecule has 19 heavy (non-hydrogen) atoms. The molecule has 1 aliphatic rings. The Bertz CT molecular complexity index is 328. The van der Waals surface area contributed by atoms with Gasteiger partial charge in [-0.3, -0.25) is 0 Å². The van der Waals surface area contributed by atoms with Gasteiger partial charge in [-0.1, -0.05) is 44.4 Å². The molecule has 0 atom stereocenters. The molecule has 0 amide bonds. The molecule has 1 N–H and O–H groups in total. The third-order valence-corrected chi connectivity index (χ3v) is 4.08. The molecule has 0 spiro atoms. The highest BCUT2D eigenvalue weighted by molar-refractivity contribution is 5.46. The monoisotopic (exact) mass is 260 g/mol. The van der Waals surface area contributed by atoms with Crippen LogP contribution in [0.25, 0.3) is 0 Å². The molecule has 2 heteroatoms. The van der Waals surface area contributed by atoms with E-state index in [1.807, 2.05) is 0 Å². The predicted octanol–water partition coefficient (Wildman–Crippen LogP) is 3.83. The molecule has 0 radical (unpaired) electrons. The maximum absolute atomic E-state index is 3.73. The molecule has 0 aromatic heterocycles. The molecule has 0 saturated carbocycles. The van der Waals surface area contributed by atoms with Crippen molar-refractivity contribution in [3.05, 3.63) is 30.3 Å². The van der Waals surface area contributed by atoms with Crippen LogP contribution in [0.15, 0.2) is 30.3 Å². The Labute approximate surface area is 118 Å². The van der Waals surface area contributed by atoms with Crippen LogP contribution in [-0.2, 0) is 0 Å². The van der Waals surface area contributed by atoms with Crippen LogP contribution in [0.2, 0.25) is 0 Å². The molecule has 0 unspecified atom stereocenters. The van der Waals surface area contributed by atoms with Crippen molar-refractivity contribution < 1.29 is 0 Å². The number of hydrogen-bond acceptors (Lipinski definition) is 2. The van der Waals surface area contributed by atoms with E-state index in [9.17, 15) is 0 Å². The molecule has 1 aromatic rings. The number of hydrogen-bond donors (Lipinski definition) is 1. The molecule has 1 aliphatic heterocycles. The number of unbranched alkanes of at least 4 members (excludes halogenated alkanes) is 3. The second kappa shape index (κ2) is 8.21. The van der Waals surface area contributed by atoms with E-state index in [1.165, 1.54) is 63.8 Å². The minimum Gasteiger partial charge on any atom is -0.371 e. The van der Waals surface area contributed by atoms with E-state index < -0.39 is 0 Å². The zero-order chi connectivity index (χ0) is 13.3. The molecule has 1 heterocycles. The summed E-state index contributed by atoms with van der Waals surface area (Å²) in [5.41, 5.74) is 1.38. The lowest BCUT2D eigenvalue weighted by Gasteiger charge is -2.34. The van der Waals surface area contributed by atoms with E-state index in [0.29, 0.717) is 0 Å². The number of benzene rings is 1. The van der Waals surface area contributed by atoms with Gasteiger partial charge in [0.1, 0.15) is 0 Å². The first-order valence-corrected chi connectivity index (χ1v) is 7.93. The SMILES string of the molecule is CCCCCCNC1CCN(c2ccccc2)CC1. The molecule has 106 valence electrons. The average molecular weight is 260 g/mol. The molecule has 0 aliphatic carbocycles. The molecule has 1 aromatic carbocycles. The Morgan fingerprint density at radius 2 is 1.79 bits per heavy atom. The second-order valence-electron chi connectivity index (χ2n) is 5.61. The maximum Gasteiger partial charge on any atom is 0.0366 e. The van der Waals surface area contributed by atoms with Crippen molar-refractivity contribution in [1.82, 2.24) is 5.32 Å². The van der Waals surface area contributed by atoms with Crippen molar-refractivity contribution >= 4 is 5.69 Å². The van der Waals surface area contributed by atoms with Gasteiger partial charge in [0.15, 0.2) is 0 Å². The molecule has 1 fully saturated rings. The van der Waals surface area contributed by atoms with E-state index in [1.54, 1.807) is 0 Å². The van der Waals surface area contributed by atoms with Gasteiger partial charge in [-0.15, -0.1) is 0 Å². The topological polar surface area (TPSA) is 15.3 Å². The van der Waals surface area contributed by atoms with Gasteiger partial charge in [0.2, 0.25) is 0 Å². The van der Waals surface area contributed by atoms with Crippen molar-refractivity contribution in [3.63, 3.8) is 0 Å². The van der Waals surface area contributed by atoms with Gasteiger partial charge in [-0.05, 0) is 37.9 Å². The summed E-state index contributed by atoms with van der Waals surface area (Å²) in [5, 5.41) is 3.73. The number of para-hydroxylation sites is 1. The van der Waals surface area contributed by atoms with Crippen LogP contribution in [0, 0.1) is 0 Å². The summed E-state index contributed by atoms with van der Waals surface area (Å²) in [6.07, 6.45) is 7.99. The third-order valence-electron chi connectivity index (χ3n) is 4.08. The number of anilines is 1. The highest BCUT2D eigenvalue weighted by Crippen LogP contribution is 2.19. The summed E-state index contributed by atoms with van der Waals surface area (Å²) in [6.45, 7) is 5.86. The second-order valence-corrected chi connectivity index (χ2v) is 5.61. The van der Waals surface area contributed by atoms with Gasteiger partial charge in [0, 0.05) is 24.8 Å². The van der Waals surface area contributed by atoms with Crippen molar-refractivity contribution in [2.24, 2.45) is 0 Å². The van der Waals surface area contributed by atoms with Gasteiger partial charge >= 0.3 is 0 Å². The Kier molecular flexibility index (Phi) is 6.22. The van der Waals surface area contributed by atoms with Crippen molar-refractivity contribution in [2.45, 2.75) is 51.5 Å². The summed E-state index contributed by atoms with van der Waals surface area (Å²) < 4.78 is 0. The molecule has 2 nitrogen and oxygen atoms in total. The van der Waals surface area contributed by atoms with E-state index in [-0.39, 0.29) is 0 Å². The summed E-state index contributed by atoms with van der Waals surface area (Å²) in [4.78, 5) is 2.51. The van der Waals surface area contributed by atoms with E-state index in [4.69, 9.17) is 0 Å². The molecule has 2 rings (SSSR count). The van der Waals surface area contributed by atoms with Gasteiger partial charge in [-0.25, -0.2) is 0 Å². The number of nitrogens with zero attached hydrogens (tertiary/aromatic N) is 1. The number of rotatable bonds is 7. The van der Waals surface area contributed by atoms with E-state index >= 15 is 0 Å². The first-order chi connectivity index (χ1) is 9.40. The fraction of sp³-hybridized carbons (Fsp3) is 0.647. The largest absolute Gasteiger partial charge is 0.371 e. The fourth-order valence-corrected chi connectivity index (χ4v) is 2.84. The van der Waals surface area contributed by atoms with Crippen molar-refractivity contribution in [2.75, 3.05) is 24.5 Å². The quantitative estimate of drug-likeness (QED) is 0.750. The lowest BCUT2D eigenvalue weighted by Crippen LogP contribution is -2.42. The zero-order valence-electron chi connectivity index (χ0n) is 12.3. The zero-order valence-corrected chi connectivity index (χ0v) is 12.3. The number of nitrogens with one attached hydrogen (secondary N) is 1. The Morgan fingerprint density at radius 3 is 2.47 bits per heavy atom. The molecule has 0 bridgehead atoms. The standard InChI is InChI=1S/C17H28N2/c1-2-3-4-8-13-18-16-11-14-19(15-12-16)17-9-6-5-7-10-17/h5-7,9-10,16,18H,2-4,8,11-15H2,1H3. The predicted molar refractivity (Wildman–Crippen MR) is 83.8 cm³/mol. The van der Waals surface area contributed by atoms with E-state index in [2.05, 4.69) is 47.5 Å². The maximum atomic E-state index is 3.73. The highest BCUT2D eigenvalue weighted by Gasteiger charge is 2.18. The third kappa shape index (κ3) is 4.87. The van der Waals surface area contributed by atoms with Gasteiger partial charge in [0.05, 0.1) is 0 Å². The van der Waals surface area contributed by atoms with Crippen molar-refractivity contribution in [1.29, 1.82) is 0 Å². The van der Waals surface area contributed by atoms with Crippen LogP contribution in [-0.4, -0.2) is 25.7 Å². The molecular formula is C17H28N2. The summed E-state index contributed by atoms with van der Waals surface area (Å²) in [5.74, 6) is 0. The lowest BCUT2D eigenvalue weighted by molar-refractivity contribution is 0.409. The Hall–Kier alpha value is -1.02. The highest BCUT2D eigenvalue weighted by atomic mass is 15.1. The van der Waals surface area contributed by atoms with Gasteiger partial charge in [0.25, 0.3) is 0 Å². The van der Waals surface area contributed by atoms with Gasteiger partial charge < -0.3 is 10.2 Å².